The van der Waals surface area contributed by atoms with Crippen LogP contribution in [0.15, 0.2) is 57.9 Å². The first-order chi connectivity index (χ1) is 15.6. The lowest BCUT2D eigenvalue weighted by molar-refractivity contribution is 0.226. The summed E-state index contributed by atoms with van der Waals surface area (Å²) in [7, 11) is 0. The van der Waals surface area contributed by atoms with Gasteiger partial charge in [-0.3, -0.25) is 4.79 Å². The number of ether oxygens (including phenoxy) is 2. The van der Waals surface area contributed by atoms with E-state index in [1.807, 2.05) is 44.2 Å². The monoisotopic (exact) mass is 436 g/mol. The van der Waals surface area contributed by atoms with Crippen LogP contribution < -0.4 is 20.2 Å². The highest BCUT2D eigenvalue weighted by Gasteiger charge is 2.11. The summed E-state index contributed by atoms with van der Waals surface area (Å²) < 4.78 is 17.3. The van der Waals surface area contributed by atoms with Crippen molar-refractivity contribution in [1.82, 2.24) is 10.2 Å². The topological polar surface area (TPSA) is 63.9 Å². The Kier molecular flexibility index (Phi) is 7.45. The van der Waals surface area contributed by atoms with Crippen LogP contribution in [0.25, 0.3) is 22.1 Å². The average molecular weight is 437 g/mol. The fraction of sp³-hybridized carbons (Fsp3) is 0.423. The fourth-order valence-corrected chi connectivity index (χ4v) is 3.95. The van der Waals surface area contributed by atoms with Crippen molar-refractivity contribution in [1.29, 1.82) is 0 Å². The van der Waals surface area contributed by atoms with Gasteiger partial charge in [-0.05, 0) is 63.1 Å². The summed E-state index contributed by atoms with van der Waals surface area (Å²) in [4.78, 5) is 15.5. The van der Waals surface area contributed by atoms with E-state index in [9.17, 15) is 4.79 Å². The Labute approximate surface area is 189 Å². The molecule has 6 nitrogen and oxygen atoms in total. The molecular weight excluding hydrogens is 404 g/mol. The normalized spacial score (nSPS) is 14.7. The van der Waals surface area contributed by atoms with Crippen molar-refractivity contribution >= 4 is 11.0 Å². The number of hydrogen-bond acceptors (Lipinski definition) is 6. The molecule has 2 heterocycles. The maximum absolute atomic E-state index is 13.0. The van der Waals surface area contributed by atoms with Gasteiger partial charge in [0.25, 0.3) is 0 Å². The quantitative estimate of drug-likeness (QED) is 0.504. The fourth-order valence-electron chi connectivity index (χ4n) is 3.95. The van der Waals surface area contributed by atoms with Crippen molar-refractivity contribution in [2.45, 2.75) is 32.8 Å². The van der Waals surface area contributed by atoms with Gasteiger partial charge < -0.3 is 24.1 Å². The molecule has 0 atom stereocenters. The number of rotatable bonds is 9. The van der Waals surface area contributed by atoms with Gasteiger partial charge in [0.2, 0.25) is 0 Å². The molecule has 0 spiro atoms. The largest absolute Gasteiger partial charge is 0.494 e. The number of nitrogens with one attached hydrogen (secondary N) is 1. The molecule has 0 saturated carbocycles. The predicted molar refractivity (Wildman–Crippen MR) is 128 cm³/mol. The minimum absolute atomic E-state index is 0.0519. The molecular formula is C26H32N2O4. The molecule has 6 heteroatoms. The molecule has 0 radical (unpaired) electrons. The number of piperazine rings is 1. The van der Waals surface area contributed by atoms with Crippen molar-refractivity contribution in [2.24, 2.45) is 0 Å². The third-order valence-electron chi connectivity index (χ3n) is 5.63. The molecule has 1 aliphatic heterocycles. The average Bonchev–Trinajstić information content (AvgIpc) is 2.80. The van der Waals surface area contributed by atoms with Crippen molar-refractivity contribution in [3.05, 3.63) is 59.0 Å². The third-order valence-corrected chi connectivity index (χ3v) is 5.63. The molecule has 170 valence electrons. The number of unbranched alkanes of at least 4 members (excludes halogenated alkanes) is 1. The van der Waals surface area contributed by atoms with E-state index in [-0.39, 0.29) is 11.5 Å². The first-order valence-corrected chi connectivity index (χ1v) is 11.5. The summed E-state index contributed by atoms with van der Waals surface area (Å²) in [5.74, 6) is 1.51. The Hall–Kier alpha value is -2.83. The third kappa shape index (κ3) is 5.69. The Morgan fingerprint density at radius 2 is 1.78 bits per heavy atom. The van der Waals surface area contributed by atoms with Crippen LogP contribution in [0.3, 0.4) is 0 Å². The van der Waals surface area contributed by atoms with E-state index in [0.717, 1.165) is 56.9 Å². The van der Waals surface area contributed by atoms with Crippen LogP contribution in [-0.4, -0.2) is 50.3 Å². The maximum atomic E-state index is 13.0. The van der Waals surface area contributed by atoms with Crippen LogP contribution in [0.1, 0.15) is 26.7 Å². The molecule has 1 aromatic heterocycles. The minimum atomic E-state index is -0.0519. The highest BCUT2D eigenvalue weighted by Crippen LogP contribution is 2.25. The smallest absolute Gasteiger partial charge is 0.200 e. The number of nitrogens with zero attached hydrogens (tertiary/aromatic N) is 1. The van der Waals surface area contributed by atoms with Gasteiger partial charge in [0.1, 0.15) is 23.3 Å². The Balaban J connectivity index is 1.34. The zero-order chi connectivity index (χ0) is 22.3. The second kappa shape index (κ2) is 10.7. The van der Waals surface area contributed by atoms with Gasteiger partial charge in [-0.25, -0.2) is 0 Å². The summed E-state index contributed by atoms with van der Waals surface area (Å²) in [6.45, 7) is 10.2. The van der Waals surface area contributed by atoms with Crippen LogP contribution in [-0.2, 0) is 0 Å². The SMILES string of the molecule is CC(C)Oc1ccc2c(=O)c(-c3ccc(OCCCCN4CCNCC4)cc3)coc2c1. The van der Waals surface area contributed by atoms with Crippen LogP contribution in [0, 0.1) is 0 Å². The maximum Gasteiger partial charge on any atom is 0.200 e. The standard InChI is InChI=1S/C26H32N2O4/c1-19(2)32-22-9-10-23-25(17-22)31-18-24(26(23)29)20-5-7-21(8-6-20)30-16-4-3-13-28-14-11-27-12-15-28/h5-10,17-19,27H,3-4,11-16H2,1-2H3. The van der Waals surface area contributed by atoms with E-state index in [1.165, 1.54) is 6.26 Å². The highest BCUT2D eigenvalue weighted by atomic mass is 16.5. The first kappa shape index (κ1) is 22.4. The van der Waals surface area contributed by atoms with E-state index in [0.29, 0.717) is 28.9 Å². The summed E-state index contributed by atoms with van der Waals surface area (Å²) in [6, 6.07) is 13.0. The van der Waals surface area contributed by atoms with Crippen molar-refractivity contribution in [3.8, 4) is 22.6 Å². The van der Waals surface area contributed by atoms with Gasteiger partial charge in [0.15, 0.2) is 5.43 Å². The number of hydrogen-bond donors (Lipinski definition) is 1. The lowest BCUT2D eigenvalue weighted by Gasteiger charge is -2.26. The minimum Gasteiger partial charge on any atom is -0.494 e. The molecule has 3 aromatic rings. The Bertz CT molecular complexity index is 1070. The molecule has 0 amide bonds. The second-order valence-corrected chi connectivity index (χ2v) is 8.47. The molecule has 32 heavy (non-hydrogen) atoms. The lowest BCUT2D eigenvalue weighted by atomic mass is 10.1. The molecule has 0 aliphatic carbocycles. The van der Waals surface area contributed by atoms with Gasteiger partial charge in [0, 0.05) is 32.2 Å². The first-order valence-electron chi connectivity index (χ1n) is 11.5. The van der Waals surface area contributed by atoms with Crippen LogP contribution >= 0.6 is 0 Å². The van der Waals surface area contributed by atoms with Gasteiger partial charge in [-0.2, -0.15) is 0 Å². The van der Waals surface area contributed by atoms with E-state index in [2.05, 4.69) is 10.2 Å². The van der Waals surface area contributed by atoms with Crippen molar-refractivity contribution in [3.63, 3.8) is 0 Å². The lowest BCUT2D eigenvalue weighted by Crippen LogP contribution is -2.43. The van der Waals surface area contributed by atoms with E-state index in [4.69, 9.17) is 13.9 Å². The van der Waals surface area contributed by atoms with Gasteiger partial charge in [-0.15, -0.1) is 0 Å². The second-order valence-electron chi connectivity index (χ2n) is 8.47. The van der Waals surface area contributed by atoms with Gasteiger partial charge in [0.05, 0.1) is 23.7 Å². The Morgan fingerprint density at radius 3 is 2.53 bits per heavy atom. The summed E-state index contributed by atoms with van der Waals surface area (Å²) in [5.41, 5.74) is 1.83. The summed E-state index contributed by atoms with van der Waals surface area (Å²) in [5, 5.41) is 3.92. The van der Waals surface area contributed by atoms with Crippen LogP contribution in [0.5, 0.6) is 11.5 Å². The summed E-state index contributed by atoms with van der Waals surface area (Å²) >= 11 is 0. The van der Waals surface area contributed by atoms with Gasteiger partial charge >= 0.3 is 0 Å². The highest BCUT2D eigenvalue weighted by molar-refractivity contribution is 5.82. The molecule has 0 bridgehead atoms. The molecule has 1 N–H and O–H groups in total. The van der Waals surface area contributed by atoms with Crippen molar-refractivity contribution in [2.75, 3.05) is 39.3 Å². The Morgan fingerprint density at radius 1 is 1.03 bits per heavy atom. The number of benzene rings is 2. The van der Waals surface area contributed by atoms with E-state index >= 15 is 0 Å². The molecule has 1 aliphatic rings. The molecule has 1 saturated heterocycles. The molecule has 4 rings (SSSR count). The zero-order valence-electron chi connectivity index (χ0n) is 18.9. The predicted octanol–water partition coefficient (Wildman–Crippen LogP) is 4.31. The van der Waals surface area contributed by atoms with Crippen LogP contribution in [0.4, 0.5) is 0 Å². The zero-order valence-corrected chi connectivity index (χ0v) is 18.9. The molecule has 0 unspecified atom stereocenters. The van der Waals surface area contributed by atoms with Crippen molar-refractivity contribution < 1.29 is 13.9 Å². The van der Waals surface area contributed by atoms with E-state index in [1.54, 1.807) is 12.1 Å². The number of fused-ring (bicyclic) bond motifs is 1. The van der Waals surface area contributed by atoms with Gasteiger partial charge in [-0.1, -0.05) is 12.1 Å². The molecule has 2 aromatic carbocycles. The summed E-state index contributed by atoms with van der Waals surface area (Å²) in [6.07, 6.45) is 3.75. The van der Waals surface area contributed by atoms with Crippen LogP contribution in [0.2, 0.25) is 0 Å². The molecule has 1 fully saturated rings. The van der Waals surface area contributed by atoms with E-state index < -0.39 is 0 Å².